The average Bonchev–Trinajstić information content (AvgIpc) is 3.52. The Balaban J connectivity index is 1.49. The molecule has 0 bridgehead atoms. The molecule has 5 nitrogen and oxygen atoms in total. The minimum atomic E-state index is -0.619. The summed E-state index contributed by atoms with van der Waals surface area (Å²) in [6.45, 7) is 4.37. The van der Waals surface area contributed by atoms with Gasteiger partial charge in [-0.25, -0.2) is 9.18 Å². The molecule has 1 atom stereocenters. The summed E-state index contributed by atoms with van der Waals surface area (Å²) in [5.41, 5.74) is 2.68. The lowest BCUT2D eigenvalue weighted by Gasteiger charge is -2.19. The van der Waals surface area contributed by atoms with E-state index < -0.39 is 5.97 Å². The SMILES string of the molecule is Cc1c(F)c2c(c(OCc3ccccc3)c1C(=O)Oc1ccccc1)CN(C[C@@H]1CCCO1)C2. The lowest BCUT2D eigenvalue weighted by atomic mass is 9.98. The van der Waals surface area contributed by atoms with Crippen LogP contribution in [-0.2, 0) is 24.4 Å². The maximum Gasteiger partial charge on any atom is 0.347 e. The highest BCUT2D eigenvalue weighted by molar-refractivity contribution is 5.96. The minimum absolute atomic E-state index is 0.148. The van der Waals surface area contributed by atoms with Crippen LogP contribution in [0.2, 0.25) is 0 Å². The molecule has 0 N–H and O–H groups in total. The summed E-state index contributed by atoms with van der Waals surface area (Å²) in [7, 11) is 0. The largest absolute Gasteiger partial charge is 0.488 e. The first-order chi connectivity index (χ1) is 16.6. The van der Waals surface area contributed by atoms with E-state index in [1.807, 2.05) is 36.4 Å². The van der Waals surface area contributed by atoms with Crippen LogP contribution in [0, 0.1) is 12.7 Å². The normalized spacial score (nSPS) is 17.5. The number of carbonyl (C=O) groups excluding carboxylic acids is 1. The molecule has 1 fully saturated rings. The Morgan fingerprint density at radius 1 is 1.06 bits per heavy atom. The molecule has 0 radical (unpaired) electrons. The van der Waals surface area contributed by atoms with Crippen LogP contribution >= 0.6 is 0 Å². The van der Waals surface area contributed by atoms with Gasteiger partial charge < -0.3 is 14.2 Å². The van der Waals surface area contributed by atoms with Gasteiger partial charge in [0.25, 0.3) is 0 Å². The zero-order valence-corrected chi connectivity index (χ0v) is 19.3. The van der Waals surface area contributed by atoms with Crippen molar-refractivity contribution in [2.45, 2.75) is 45.6 Å². The molecule has 3 aromatic rings. The molecule has 2 aliphatic heterocycles. The molecule has 0 aromatic heterocycles. The van der Waals surface area contributed by atoms with Gasteiger partial charge in [0.05, 0.1) is 6.10 Å². The van der Waals surface area contributed by atoms with E-state index in [2.05, 4.69) is 4.90 Å². The molecular formula is C28H28FNO4. The van der Waals surface area contributed by atoms with Crippen molar-refractivity contribution in [1.29, 1.82) is 0 Å². The second-order valence-electron chi connectivity index (χ2n) is 8.88. The van der Waals surface area contributed by atoms with Crippen molar-refractivity contribution in [3.05, 3.63) is 94.3 Å². The van der Waals surface area contributed by atoms with Crippen molar-refractivity contribution in [3.8, 4) is 11.5 Å². The van der Waals surface area contributed by atoms with Gasteiger partial charge in [-0.15, -0.1) is 0 Å². The Kier molecular flexibility index (Phi) is 6.61. The first kappa shape index (κ1) is 22.6. The number of nitrogens with zero attached hydrogens (tertiary/aromatic N) is 1. The fourth-order valence-corrected chi connectivity index (χ4v) is 4.75. The van der Waals surface area contributed by atoms with Gasteiger partial charge in [0.15, 0.2) is 0 Å². The van der Waals surface area contributed by atoms with Crippen molar-refractivity contribution in [2.75, 3.05) is 13.2 Å². The number of halogens is 1. The molecule has 176 valence electrons. The minimum Gasteiger partial charge on any atom is -0.488 e. The predicted octanol–water partition coefficient (Wildman–Crippen LogP) is 5.43. The number of para-hydroxylation sites is 1. The maximum absolute atomic E-state index is 15.6. The van der Waals surface area contributed by atoms with E-state index in [0.717, 1.165) is 37.1 Å². The Morgan fingerprint density at radius 3 is 2.47 bits per heavy atom. The number of hydrogen-bond donors (Lipinski definition) is 0. The van der Waals surface area contributed by atoms with Crippen LogP contribution in [0.1, 0.15) is 45.5 Å². The quantitative estimate of drug-likeness (QED) is 0.347. The van der Waals surface area contributed by atoms with Crippen molar-refractivity contribution in [2.24, 2.45) is 0 Å². The van der Waals surface area contributed by atoms with Crippen LogP contribution in [0.25, 0.3) is 0 Å². The highest BCUT2D eigenvalue weighted by Gasteiger charge is 2.34. The molecule has 1 saturated heterocycles. The van der Waals surface area contributed by atoms with E-state index in [4.69, 9.17) is 14.2 Å². The third-order valence-corrected chi connectivity index (χ3v) is 6.47. The highest BCUT2D eigenvalue weighted by atomic mass is 19.1. The summed E-state index contributed by atoms with van der Waals surface area (Å²) in [5.74, 6) is -0.168. The Morgan fingerprint density at radius 2 is 1.76 bits per heavy atom. The number of fused-ring (bicyclic) bond motifs is 1. The van der Waals surface area contributed by atoms with Crippen LogP contribution in [0.5, 0.6) is 11.5 Å². The number of esters is 1. The fourth-order valence-electron chi connectivity index (χ4n) is 4.75. The summed E-state index contributed by atoms with van der Waals surface area (Å²) in [4.78, 5) is 15.4. The van der Waals surface area contributed by atoms with Gasteiger partial charge in [-0.2, -0.15) is 0 Å². The summed E-state index contributed by atoms with van der Waals surface area (Å²) < 4.78 is 33.2. The van der Waals surface area contributed by atoms with Gasteiger partial charge in [-0.05, 0) is 37.5 Å². The average molecular weight is 462 g/mol. The monoisotopic (exact) mass is 461 g/mol. The zero-order chi connectivity index (χ0) is 23.5. The summed E-state index contributed by atoms with van der Waals surface area (Å²) >= 11 is 0. The number of ether oxygens (including phenoxy) is 3. The van der Waals surface area contributed by atoms with E-state index in [1.165, 1.54) is 0 Å². The van der Waals surface area contributed by atoms with E-state index in [9.17, 15) is 4.79 Å². The number of benzene rings is 3. The van der Waals surface area contributed by atoms with Gasteiger partial charge in [-0.3, -0.25) is 4.90 Å². The standard InChI is InChI=1S/C28H28FNO4/c1-19-25(28(31)34-21-11-6-3-7-12-21)27(33-18-20-9-4-2-5-10-20)24-17-30(16-23(24)26(19)29)15-22-13-8-14-32-22/h2-7,9-12,22H,8,13-18H2,1H3/t22-/m0/s1. The molecular weight excluding hydrogens is 433 g/mol. The van der Waals surface area contributed by atoms with Gasteiger partial charge in [0.1, 0.15) is 29.5 Å². The second-order valence-corrected chi connectivity index (χ2v) is 8.88. The zero-order valence-electron chi connectivity index (χ0n) is 19.3. The Hall–Kier alpha value is -3.22. The molecule has 0 amide bonds. The molecule has 0 aliphatic carbocycles. The van der Waals surface area contributed by atoms with Gasteiger partial charge >= 0.3 is 5.97 Å². The number of carbonyl (C=O) groups is 1. The van der Waals surface area contributed by atoms with Crippen molar-refractivity contribution >= 4 is 5.97 Å². The van der Waals surface area contributed by atoms with E-state index in [1.54, 1.807) is 31.2 Å². The van der Waals surface area contributed by atoms with Crippen molar-refractivity contribution in [3.63, 3.8) is 0 Å². The highest BCUT2D eigenvalue weighted by Crippen LogP contribution is 2.40. The summed E-state index contributed by atoms with van der Waals surface area (Å²) in [5, 5.41) is 0. The molecule has 6 heteroatoms. The lowest BCUT2D eigenvalue weighted by Crippen LogP contribution is -2.27. The third kappa shape index (κ3) is 4.69. The molecule has 0 spiro atoms. The van der Waals surface area contributed by atoms with Crippen LogP contribution in [-0.4, -0.2) is 30.1 Å². The number of hydrogen-bond acceptors (Lipinski definition) is 5. The molecule has 2 aliphatic rings. The van der Waals surface area contributed by atoms with E-state index in [-0.39, 0.29) is 29.7 Å². The molecule has 0 saturated carbocycles. The second kappa shape index (κ2) is 9.95. The Bertz CT molecular complexity index is 1160. The van der Waals surface area contributed by atoms with Crippen LogP contribution in [0.15, 0.2) is 60.7 Å². The molecule has 0 unspecified atom stereocenters. The Labute approximate surface area is 199 Å². The molecule has 34 heavy (non-hydrogen) atoms. The lowest BCUT2D eigenvalue weighted by molar-refractivity contribution is 0.0713. The van der Waals surface area contributed by atoms with Crippen LogP contribution < -0.4 is 9.47 Å². The van der Waals surface area contributed by atoms with Crippen molar-refractivity contribution in [1.82, 2.24) is 4.90 Å². The van der Waals surface area contributed by atoms with E-state index >= 15 is 4.39 Å². The molecule has 2 heterocycles. The summed E-state index contributed by atoms with van der Waals surface area (Å²) in [6.07, 6.45) is 2.23. The predicted molar refractivity (Wildman–Crippen MR) is 126 cm³/mol. The fraction of sp³-hybridized carbons (Fsp3) is 0.321. The first-order valence-corrected chi connectivity index (χ1v) is 11.7. The smallest absolute Gasteiger partial charge is 0.347 e. The maximum atomic E-state index is 15.6. The van der Waals surface area contributed by atoms with Gasteiger partial charge in [-0.1, -0.05) is 48.5 Å². The van der Waals surface area contributed by atoms with Crippen molar-refractivity contribution < 1.29 is 23.4 Å². The van der Waals surface area contributed by atoms with E-state index in [0.29, 0.717) is 30.2 Å². The van der Waals surface area contributed by atoms with Crippen LogP contribution in [0.4, 0.5) is 4.39 Å². The number of rotatable bonds is 7. The third-order valence-electron chi connectivity index (χ3n) is 6.47. The molecule has 3 aromatic carbocycles. The first-order valence-electron chi connectivity index (χ1n) is 11.7. The van der Waals surface area contributed by atoms with Crippen LogP contribution in [0.3, 0.4) is 0 Å². The molecule has 5 rings (SSSR count). The topological polar surface area (TPSA) is 48.0 Å². The van der Waals surface area contributed by atoms with Gasteiger partial charge in [0, 0.05) is 42.9 Å². The summed E-state index contributed by atoms with van der Waals surface area (Å²) in [6, 6.07) is 18.5. The van der Waals surface area contributed by atoms with Gasteiger partial charge in [0.2, 0.25) is 0 Å².